The molecule has 0 heterocycles. The quantitative estimate of drug-likeness (QED) is 0.492. The molecule has 1 aromatic rings. The summed E-state index contributed by atoms with van der Waals surface area (Å²) in [6.07, 6.45) is -0.964. The van der Waals surface area contributed by atoms with E-state index in [0.717, 1.165) is 7.11 Å². The van der Waals surface area contributed by atoms with Gasteiger partial charge in [0, 0.05) is 23.1 Å². The molecule has 1 rings (SSSR count). The van der Waals surface area contributed by atoms with E-state index in [2.05, 4.69) is 10.1 Å². The molecule has 0 saturated heterocycles. The average molecular weight is 359 g/mol. The standard InChI is InChI=1S/C15H19ClN2O6/c1-15(2,3)24-14(20)17-11(13(19)23-4)7-9-5-6-10(16)8-12(9)18(21)22/h5-6,8,11H,7H2,1-4H3,(H,17,20)/t11-/m0/s1. The van der Waals surface area contributed by atoms with E-state index in [1.54, 1.807) is 20.8 Å². The lowest BCUT2D eigenvalue weighted by molar-refractivity contribution is -0.385. The van der Waals surface area contributed by atoms with Gasteiger partial charge in [0.1, 0.15) is 11.6 Å². The largest absolute Gasteiger partial charge is 0.467 e. The van der Waals surface area contributed by atoms with Crippen molar-refractivity contribution in [1.82, 2.24) is 5.32 Å². The molecular formula is C15H19ClN2O6. The van der Waals surface area contributed by atoms with E-state index in [9.17, 15) is 19.7 Å². The summed E-state index contributed by atoms with van der Waals surface area (Å²) >= 11 is 5.76. The van der Waals surface area contributed by atoms with Crippen molar-refractivity contribution in [2.45, 2.75) is 38.8 Å². The smallest absolute Gasteiger partial charge is 0.408 e. The minimum absolute atomic E-state index is 0.139. The fourth-order valence-corrected chi connectivity index (χ4v) is 2.05. The maximum atomic E-state index is 11.9. The van der Waals surface area contributed by atoms with Gasteiger partial charge in [-0.25, -0.2) is 9.59 Å². The van der Waals surface area contributed by atoms with Crippen LogP contribution in [-0.4, -0.2) is 35.7 Å². The Bertz CT molecular complexity index is 641. The van der Waals surface area contributed by atoms with E-state index >= 15 is 0 Å². The van der Waals surface area contributed by atoms with E-state index in [1.807, 2.05) is 0 Å². The van der Waals surface area contributed by atoms with Crippen LogP contribution in [0.15, 0.2) is 18.2 Å². The molecule has 0 fully saturated rings. The van der Waals surface area contributed by atoms with Gasteiger partial charge in [-0.3, -0.25) is 10.1 Å². The van der Waals surface area contributed by atoms with Crippen molar-refractivity contribution in [2.75, 3.05) is 7.11 Å². The van der Waals surface area contributed by atoms with E-state index in [-0.39, 0.29) is 22.7 Å². The first kappa shape index (κ1) is 19.7. The Morgan fingerprint density at radius 1 is 1.38 bits per heavy atom. The maximum Gasteiger partial charge on any atom is 0.408 e. The van der Waals surface area contributed by atoms with Crippen LogP contribution >= 0.6 is 11.6 Å². The SMILES string of the molecule is COC(=O)[C@H](Cc1ccc(Cl)cc1[N+](=O)[O-])NC(=O)OC(C)(C)C. The first-order valence-electron chi connectivity index (χ1n) is 7.03. The number of carbonyl (C=O) groups excluding carboxylic acids is 2. The summed E-state index contributed by atoms with van der Waals surface area (Å²) in [7, 11) is 1.16. The number of rotatable bonds is 5. The molecule has 132 valence electrons. The third-order valence-corrected chi connectivity index (χ3v) is 3.08. The van der Waals surface area contributed by atoms with Gasteiger partial charge in [-0.2, -0.15) is 0 Å². The minimum atomic E-state index is -1.13. The molecule has 0 aliphatic rings. The molecule has 0 bridgehead atoms. The fourth-order valence-electron chi connectivity index (χ4n) is 1.88. The van der Waals surface area contributed by atoms with Crippen molar-refractivity contribution < 1.29 is 24.0 Å². The van der Waals surface area contributed by atoms with Crippen molar-refractivity contribution in [1.29, 1.82) is 0 Å². The number of carbonyl (C=O) groups is 2. The van der Waals surface area contributed by atoms with Crippen LogP contribution in [0.4, 0.5) is 10.5 Å². The third kappa shape index (κ3) is 6.04. The number of ether oxygens (including phenoxy) is 2. The van der Waals surface area contributed by atoms with Crippen LogP contribution < -0.4 is 5.32 Å². The summed E-state index contributed by atoms with van der Waals surface area (Å²) in [5.74, 6) is -0.745. The van der Waals surface area contributed by atoms with E-state index in [4.69, 9.17) is 16.3 Å². The molecule has 1 atom stereocenters. The molecule has 1 N–H and O–H groups in total. The number of methoxy groups -OCH3 is 1. The summed E-state index contributed by atoms with van der Waals surface area (Å²) in [5, 5.41) is 13.7. The highest BCUT2D eigenvalue weighted by atomic mass is 35.5. The van der Waals surface area contributed by atoms with Crippen molar-refractivity contribution >= 4 is 29.4 Å². The first-order valence-corrected chi connectivity index (χ1v) is 7.41. The molecule has 1 aromatic carbocycles. The summed E-state index contributed by atoms with van der Waals surface area (Å²) in [5.41, 5.74) is -0.768. The molecule has 9 heteroatoms. The van der Waals surface area contributed by atoms with Crippen LogP contribution in [0.2, 0.25) is 5.02 Å². The van der Waals surface area contributed by atoms with Crippen LogP contribution in [0.3, 0.4) is 0 Å². The lowest BCUT2D eigenvalue weighted by Crippen LogP contribution is -2.45. The van der Waals surface area contributed by atoms with Gasteiger partial charge >= 0.3 is 12.1 Å². The molecule has 0 unspecified atom stereocenters. The number of benzene rings is 1. The Morgan fingerprint density at radius 3 is 2.50 bits per heavy atom. The van der Waals surface area contributed by atoms with Crippen LogP contribution in [0.1, 0.15) is 26.3 Å². The highest BCUT2D eigenvalue weighted by Gasteiger charge is 2.28. The van der Waals surface area contributed by atoms with E-state index < -0.39 is 28.6 Å². The Hall–Kier alpha value is -2.35. The predicted molar refractivity (Wildman–Crippen MR) is 87.0 cm³/mol. The molecule has 24 heavy (non-hydrogen) atoms. The molecule has 0 radical (unpaired) electrons. The van der Waals surface area contributed by atoms with Gasteiger partial charge in [0.2, 0.25) is 0 Å². The molecule has 0 aliphatic carbocycles. The van der Waals surface area contributed by atoms with E-state index in [1.165, 1.54) is 18.2 Å². The topological polar surface area (TPSA) is 108 Å². The zero-order chi connectivity index (χ0) is 18.5. The lowest BCUT2D eigenvalue weighted by Gasteiger charge is -2.22. The number of halogens is 1. The monoisotopic (exact) mass is 358 g/mol. The zero-order valence-corrected chi connectivity index (χ0v) is 14.5. The van der Waals surface area contributed by atoms with Gasteiger partial charge in [-0.1, -0.05) is 17.7 Å². The molecule has 8 nitrogen and oxygen atoms in total. The number of nitro benzene ring substituents is 1. The number of alkyl carbamates (subject to hydrolysis) is 1. The molecular weight excluding hydrogens is 340 g/mol. The second kappa shape index (κ2) is 7.96. The Kier molecular flexibility index (Phi) is 6.53. The number of esters is 1. The highest BCUT2D eigenvalue weighted by Crippen LogP contribution is 2.24. The number of nitro groups is 1. The Balaban J connectivity index is 3.01. The van der Waals surface area contributed by atoms with Crippen molar-refractivity contribution in [3.8, 4) is 0 Å². The number of hydrogen-bond donors (Lipinski definition) is 1. The molecule has 0 aromatic heterocycles. The summed E-state index contributed by atoms with van der Waals surface area (Å²) in [6, 6.07) is 2.93. The van der Waals surface area contributed by atoms with Gasteiger partial charge in [0.05, 0.1) is 12.0 Å². The average Bonchev–Trinajstić information content (AvgIpc) is 2.45. The molecule has 0 spiro atoms. The van der Waals surface area contributed by atoms with Crippen LogP contribution in [0.25, 0.3) is 0 Å². The van der Waals surface area contributed by atoms with Crippen LogP contribution in [-0.2, 0) is 20.7 Å². The second-order valence-electron chi connectivity index (χ2n) is 5.96. The second-order valence-corrected chi connectivity index (χ2v) is 6.39. The van der Waals surface area contributed by atoms with Gasteiger partial charge in [0.15, 0.2) is 0 Å². The molecule has 1 amide bonds. The lowest BCUT2D eigenvalue weighted by atomic mass is 10.0. The highest BCUT2D eigenvalue weighted by molar-refractivity contribution is 6.30. The normalized spacial score (nSPS) is 12.2. The Labute approximate surface area is 144 Å². The number of hydrogen-bond acceptors (Lipinski definition) is 6. The van der Waals surface area contributed by atoms with Crippen LogP contribution in [0, 0.1) is 10.1 Å². The predicted octanol–water partition coefficient (Wildman–Crippen LogP) is 2.86. The summed E-state index contributed by atoms with van der Waals surface area (Å²) < 4.78 is 9.72. The summed E-state index contributed by atoms with van der Waals surface area (Å²) in [6.45, 7) is 5.01. The number of nitrogens with one attached hydrogen (secondary N) is 1. The third-order valence-electron chi connectivity index (χ3n) is 2.84. The van der Waals surface area contributed by atoms with Gasteiger partial charge < -0.3 is 14.8 Å². The van der Waals surface area contributed by atoms with Crippen molar-refractivity contribution in [2.24, 2.45) is 0 Å². The Morgan fingerprint density at radius 2 is 2.00 bits per heavy atom. The molecule has 0 aliphatic heterocycles. The number of amides is 1. The zero-order valence-electron chi connectivity index (χ0n) is 13.8. The number of nitrogens with zero attached hydrogens (tertiary/aromatic N) is 1. The van der Waals surface area contributed by atoms with Gasteiger partial charge in [-0.15, -0.1) is 0 Å². The van der Waals surface area contributed by atoms with Crippen molar-refractivity contribution in [3.63, 3.8) is 0 Å². The molecule has 0 saturated carbocycles. The summed E-state index contributed by atoms with van der Waals surface area (Å²) in [4.78, 5) is 34.2. The van der Waals surface area contributed by atoms with Gasteiger partial charge in [-0.05, 0) is 26.8 Å². The van der Waals surface area contributed by atoms with Crippen molar-refractivity contribution in [3.05, 3.63) is 38.9 Å². The van der Waals surface area contributed by atoms with Gasteiger partial charge in [0.25, 0.3) is 5.69 Å². The minimum Gasteiger partial charge on any atom is -0.467 e. The fraction of sp³-hybridized carbons (Fsp3) is 0.467. The maximum absolute atomic E-state index is 11.9. The van der Waals surface area contributed by atoms with Crippen LogP contribution in [0.5, 0.6) is 0 Å². The first-order chi connectivity index (χ1) is 11.0. The van der Waals surface area contributed by atoms with E-state index in [0.29, 0.717) is 0 Å².